The monoisotopic (exact) mass is 354 g/mol. The van der Waals surface area contributed by atoms with Crippen LogP contribution in [0.5, 0.6) is 11.5 Å². The van der Waals surface area contributed by atoms with Crippen LogP contribution in [0.4, 0.5) is 0 Å². The number of rotatable bonds is 7. The molecule has 1 atom stereocenters. The lowest BCUT2D eigenvalue weighted by atomic mass is 9.92. The molecule has 2 rings (SSSR count). The third kappa shape index (κ3) is 4.87. The Morgan fingerprint density at radius 1 is 1.23 bits per heavy atom. The fourth-order valence-corrected chi connectivity index (χ4v) is 3.18. The van der Waals surface area contributed by atoms with Gasteiger partial charge >= 0.3 is 0 Å². The van der Waals surface area contributed by atoms with Gasteiger partial charge < -0.3 is 9.84 Å². The maximum absolute atomic E-state index is 11.5. The molecule has 3 heteroatoms. The Bertz CT molecular complexity index is 764. The van der Waals surface area contributed by atoms with Gasteiger partial charge in [-0.2, -0.15) is 0 Å². The number of ether oxygens (including phenoxy) is 1. The Balaban J connectivity index is 2.07. The number of phenolic OH excluding ortho intramolecular Hbond substituents is 1. The minimum absolute atomic E-state index is 0.149. The number of carbonyl (C=O) groups is 1. The number of aldehydes is 1. The molecule has 0 amide bonds. The first-order valence-electron chi connectivity index (χ1n) is 9.25. The average molecular weight is 354 g/mol. The van der Waals surface area contributed by atoms with Gasteiger partial charge in [0, 0.05) is 0 Å². The molecule has 140 valence electrons. The molecule has 1 aromatic carbocycles. The molecular weight excluding hydrogens is 324 g/mol. The number of benzene rings is 1. The van der Waals surface area contributed by atoms with Gasteiger partial charge in [0.2, 0.25) is 0 Å². The quantitative estimate of drug-likeness (QED) is 0.472. The molecule has 0 saturated heterocycles. The Hall–Kier alpha value is -2.29. The standard InChI is InChI=1S/C23H30O3/c1-16(2)8-6-9-17(3)10-7-12-23(5)13-11-19-21(25)14-18(4)20(15-24)22(19)26-23/h8,10-11,13-15,25H,6-7,9,12H2,1-5H3. The highest BCUT2D eigenvalue weighted by Gasteiger charge is 2.30. The van der Waals surface area contributed by atoms with Gasteiger partial charge in [0.1, 0.15) is 17.1 Å². The van der Waals surface area contributed by atoms with E-state index in [0.717, 1.165) is 37.5 Å². The molecule has 1 N–H and O–H groups in total. The molecule has 3 nitrogen and oxygen atoms in total. The summed E-state index contributed by atoms with van der Waals surface area (Å²) >= 11 is 0. The van der Waals surface area contributed by atoms with E-state index in [-0.39, 0.29) is 5.75 Å². The normalized spacial score (nSPS) is 18.9. The summed E-state index contributed by atoms with van der Waals surface area (Å²) in [5, 5.41) is 10.1. The second-order valence-electron chi connectivity index (χ2n) is 7.64. The molecule has 1 heterocycles. The third-order valence-electron chi connectivity index (χ3n) is 4.82. The summed E-state index contributed by atoms with van der Waals surface area (Å²) < 4.78 is 6.18. The minimum atomic E-state index is -0.484. The lowest BCUT2D eigenvalue weighted by Crippen LogP contribution is -2.32. The molecule has 0 bridgehead atoms. The highest BCUT2D eigenvalue weighted by Crippen LogP contribution is 2.41. The van der Waals surface area contributed by atoms with Crippen LogP contribution in [0.2, 0.25) is 0 Å². The van der Waals surface area contributed by atoms with Gasteiger partial charge in [0.05, 0.1) is 11.1 Å². The number of phenols is 1. The van der Waals surface area contributed by atoms with E-state index in [1.807, 2.05) is 19.1 Å². The van der Waals surface area contributed by atoms with E-state index in [0.29, 0.717) is 16.9 Å². The molecule has 1 aromatic rings. The number of allylic oxidation sites excluding steroid dienone is 4. The van der Waals surface area contributed by atoms with Crippen LogP contribution in [-0.2, 0) is 0 Å². The molecule has 0 aliphatic carbocycles. The molecule has 26 heavy (non-hydrogen) atoms. The van der Waals surface area contributed by atoms with Gasteiger partial charge in [0.25, 0.3) is 0 Å². The van der Waals surface area contributed by atoms with Gasteiger partial charge in [-0.05, 0) is 84.1 Å². The van der Waals surface area contributed by atoms with Crippen LogP contribution in [0.1, 0.15) is 74.9 Å². The summed E-state index contributed by atoms with van der Waals surface area (Å²) in [5.74, 6) is 0.642. The maximum Gasteiger partial charge on any atom is 0.154 e. The Morgan fingerprint density at radius 2 is 1.96 bits per heavy atom. The topological polar surface area (TPSA) is 46.5 Å². The number of hydrogen-bond donors (Lipinski definition) is 1. The zero-order valence-electron chi connectivity index (χ0n) is 16.6. The molecule has 0 fully saturated rings. The molecule has 1 aliphatic heterocycles. The Labute approximate surface area is 157 Å². The number of aryl methyl sites for hydroxylation is 1. The first-order chi connectivity index (χ1) is 12.3. The fraction of sp³-hybridized carbons (Fsp3) is 0.435. The SMILES string of the molecule is CC(C)=CCCC(C)=CCCC1(C)C=Cc2c(O)cc(C)c(C=O)c2O1. The van der Waals surface area contributed by atoms with Crippen molar-refractivity contribution in [1.29, 1.82) is 0 Å². The van der Waals surface area contributed by atoms with Crippen LogP contribution < -0.4 is 4.74 Å². The van der Waals surface area contributed by atoms with E-state index < -0.39 is 5.60 Å². The molecule has 0 aromatic heterocycles. The molecule has 1 unspecified atom stereocenters. The molecule has 0 radical (unpaired) electrons. The van der Waals surface area contributed by atoms with Crippen LogP contribution >= 0.6 is 0 Å². The van der Waals surface area contributed by atoms with Crippen LogP contribution in [-0.4, -0.2) is 17.0 Å². The van der Waals surface area contributed by atoms with Crippen molar-refractivity contribution in [3.05, 3.63) is 52.1 Å². The van der Waals surface area contributed by atoms with Crippen molar-refractivity contribution in [2.24, 2.45) is 0 Å². The van der Waals surface area contributed by atoms with Gasteiger partial charge in [-0.25, -0.2) is 0 Å². The van der Waals surface area contributed by atoms with Crippen molar-refractivity contribution >= 4 is 12.4 Å². The first-order valence-corrected chi connectivity index (χ1v) is 9.25. The fourth-order valence-electron chi connectivity index (χ4n) is 3.18. The lowest BCUT2D eigenvalue weighted by molar-refractivity contribution is 0.108. The van der Waals surface area contributed by atoms with Gasteiger partial charge in [-0.15, -0.1) is 0 Å². The summed E-state index contributed by atoms with van der Waals surface area (Å²) in [5.41, 5.74) is 4.08. The molecular formula is C23H30O3. The highest BCUT2D eigenvalue weighted by atomic mass is 16.5. The smallest absolute Gasteiger partial charge is 0.154 e. The second kappa shape index (κ2) is 8.39. The molecule has 0 spiro atoms. The zero-order chi connectivity index (χ0) is 19.3. The zero-order valence-corrected chi connectivity index (χ0v) is 16.6. The summed E-state index contributed by atoms with van der Waals surface area (Å²) in [6.07, 6.45) is 13.1. The maximum atomic E-state index is 11.5. The largest absolute Gasteiger partial charge is 0.507 e. The predicted molar refractivity (Wildman–Crippen MR) is 108 cm³/mol. The third-order valence-corrected chi connectivity index (χ3v) is 4.82. The van der Waals surface area contributed by atoms with Crippen molar-refractivity contribution in [3.8, 4) is 11.5 Å². The first kappa shape index (κ1) is 20.0. The van der Waals surface area contributed by atoms with Gasteiger partial charge in [-0.3, -0.25) is 4.79 Å². The molecule has 1 aliphatic rings. The van der Waals surface area contributed by atoms with E-state index in [4.69, 9.17) is 4.74 Å². The summed E-state index contributed by atoms with van der Waals surface area (Å²) in [6.45, 7) is 10.2. The highest BCUT2D eigenvalue weighted by molar-refractivity contribution is 5.87. The van der Waals surface area contributed by atoms with Crippen LogP contribution in [0.15, 0.2) is 35.4 Å². The summed E-state index contributed by atoms with van der Waals surface area (Å²) in [4.78, 5) is 11.5. The number of fused-ring (bicyclic) bond motifs is 1. The predicted octanol–water partition coefficient (Wildman–Crippen LogP) is 6.15. The van der Waals surface area contributed by atoms with E-state index in [1.54, 1.807) is 13.0 Å². The van der Waals surface area contributed by atoms with Crippen LogP contribution in [0, 0.1) is 6.92 Å². The van der Waals surface area contributed by atoms with E-state index in [9.17, 15) is 9.90 Å². The van der Waals surface area contributed by atoms with E-state index >= 15 is 0 Å². The van der Waals surface area contributed by atoms with Crippen molar-refractivity contribution < 1.29 is 14.6 Å². The van der Waals surface area contributed by atoms with Crippen molar-refractivity contribution in [2.45, 2.75) is 65.9 Å². The Kier molecular flexibility index (Phi) is 6.47. The summed E-state index contributed by atoms with van der Waals surface area (Å²) in [6, 6.07) is 1.61. The van der Waals surface area contributed by atoms with Crippen LogP contribution in [0.25, 0.3) is 6.08 Å². The molecule has 0 saturated carbocycles. The van der Waals surface area contributed by atoms with E-state index in [1.165, 1.54) is 11.1 Å². The summed E-state index contributed by atoms with van der Waals surface area (Å²) in [7, 11) is 0. The van der Waals surface area contributed by atoms with Crippen LogP contribution in [0.3, 0.4) is 0 Å². The minimum Gasteiger partial charge on any atom is -0.507 e. The average Bonchev–Trinajstić information content (AvgIpc) is 2.54. The van der Waals surface area contributed by atoms with Gasteiger partial charge in [0.15, 0.2) is 6.29 Å². The Morgan fingerprint density at radius 3 is 2.62 bits per heavy atom. The lowest BCUT2D eigenvalue weighted by Gasteiger charge is -2.33. The van der Waals surface area contributed by atoms with Crippen molar-refractivity contribution in [3.63, 3.8) is 0 Å². The van der Waals surface area contributed by atoms with E-state index in [2.05, 4.69) is 32.9 Å². The second-order valence-corrected chi connectivity index (χ2v) is 7.64. The number of aromatic hydroxyl groups is 1. The number of carbonyl (C=O) groups excluding carboxylic acids is 1. The van der Waals surface area contributed by atoms with Gasteiger partial charge in [-0.1, -0.05) is 23.3 Å². The van der Waals surface area contributed by atoms with Crippen molar-refractivity contribution in [1.82, 2.24) is 0 Å². The van der Waals surface area contributed by atoms with Crippen molar-refractivity contribution in [2.75, 3.05) is 0 Å². The number of hydrogen-bond acceptors (Lipinski definition) is 3.